The summed E-state index contributed by atoms with van der Waals surface area (Å²) in [4.78, 5) is 35.6. The molecule has 0 bridgehead atoms. The molecule has 0 aliphatic rings. The fourth-order valence-corrected chi connectivity index (χ4v) is 2.44. The van der Waals surface area contributed by atoms with Gasteiger partial charge in [0.1, 0.15) is 5.75 Å². The SMILES string of the molecule is CCC(=O)c1ccc(OCC(=O)O[C@@H](C)C(=O)Nc2ccc(CC)cc2)cc1. The molecule has 1 amide bonds. The highest BCUT2D eigenvalue weighted by atomic mass is 16.6. The third-order valence-corrected chi connectivity index (χ3v) is 4.16. The van der Waals surface area contributed by atoms with E-state index >= 15 is 0 Å². The lowest BCUT2D eigenvalue weighted by molar-refractivity contribution is -0.155. The van der Waals surface area contributed by atoms with Crippen LogP contribution in [0, 0.1) is 0 Å². The molecule has 6 nitrogen and oxygen atoms in total. The third-order valence-electron chi connectivity index (χ3n) is 4.16. The topological polar surface area (TPSA) is 81.7 Å². The second-order valence-electron chi connectivity index (χ2n) is 6.26. The Kier molecular flexibility index (Phi) is 7.75. The number of carbonyl (C=O) groups is 3. The lowest BCUT2D eigenvalue weighted by Gasteiger charge is -2.14. The minimum atomic E-state index is -0.952. The molecule has 6 heteroatoms. The Morgan fingerprint density at radius 2 is 1.61 bits per heavy atom. The lowest BCUT2D eigenvalue weighted by Crippen LogP contribution is -2.31. The van der Waals surface area contributed by atoms with Gasteiger partial charge in [0.15, 0.2) is 18.5 Å². The van der Waals surface area contributed by atoms with Crippen LogP contribution in [-0.4, -0.2) is 30.4 Å². The zero-order valence-electron chi connectivity index (χ0n) is 16.4. The molecule has 0 saturated heterocycles. The first-order valence-corrected chi connectivity index (χ1v) is 9.28. The molecular weight excluding hydrogens is 358 g/mol. The van der Waals surface area contributed by atoms with Crippen molar-refractivity contribution in [2.75, 3.05) is 11.9 Å². The maximum absolute atomic E-state index is 12.1. The van der Waals surface area contributed by atoms with Crippen molar-refractivity contribution >= 4 is 23.3 Å². The van der Waals surface area contributed by atoms with Crippen molar-refractivity contribution in [3.05, 3.63) is 59.7 Å². The smallest absolute Gasteiger partial charge is 0.344 e. The quantitative estimate of drug-likeness (QED) is 0.526. The number of carbonyl (C=O) groups excluding carboxylic acids is 3. The summed E-state index contributed by atoms with van der Waals surface area (Å²) in [7, 11) is 0. The number of anilines is 1. The van der Waals surface area contributed by atoms with Gasteiger partial charge in [-0.05, 0) is 55.3 Å². The minimum Gasteiger partial charge on any atom is -0.482 e. The monoisotopic (exact) mass is 383 g/mol. The first-order chi connectivity index (χ1) is 13.4. The molecule has 0 aliphatic heterocycles. The van der Waals surface area contributed by atoms with E-state index in [2.05, 4.69) is 12.2 Å². The van der Waals surface area contributed by atoms with Gasteiger partial charge in [-0.15, -0.1) is 0 Å². The summed E-state index contributed by atoms with van der Waals surface area (Å²) in [5, 5.41) is 2.71. The molecule has 0 saturated carbocycles. The number of hydrogen-bond donors (Lipinski definition) is 1. The predicted octanol–water partition coefficient (Wildman–Crippen LogP) is 3.79. The number of rotatable bonds is 9. The van der Waals surface area contributed by atoms with Gasteiger partial charge in [0, 0.05) is 17.7 Å². The first-order valence-electron chi connectivity index (χ1n) is 9.28. The van der Waals surface area contributed by atoms with Gasteiger partial charge in [0.2, 0.25) is 0 Å². The van der Waals surface area contributed by atoms with Crippen molar-refractivity contribution in [2.45, 2.75) is 39.7 Å². The Morgan fingerprint density at radius 3 is 2.18 bits per heavy atom. The highest BCUT2D eigenvalue weighted by Gasteiger charge is 2.18. The van der Waals surface area contributed by atoms with Gasteiger partial charge in [-0.3, -0.25) is 9.59 Å². The zero-order valence-corrected chi connectivity index (χ0v) is 16.4. The van der Waals surface area contributed by atoms with Crippen LogP contribution in [0.3, 0.4) is 0 Å². The number of aryl methyl sites for hydroxylation is 1. The Bertz CT molecular complexity index is 812. The molecule has 1 N–H and O–H groups in total. The van der Waals surface area contributed by atoms with Crippen molar-refractivity contribution < 1.29 is 23.9 Å². The highest BCUT2D eigenvalue weighted by molar-refractivity contribution is 5.96. The van der Waals surface area contributed by atoms with Gasteiger partial charge in [-0.2, -0.15) is 0 Å². The molecule has 28 heavy (non-hydrogen) atoms. The largest absolute Gasteiger partial charge is 0.482 e. The summed E-state index contributed by atoms with van der Waals surface area (Å²) in [5.41, 5.74) is 2.40. The van der Waals surface area contributed by atoms with Crippen LogP contribution in [0.25, 0.3) is 0 Å². The lowest BCUT2D eigenvalue weighted by atomic mass is 10.1. The number of esters is 1. The van der Waals surface area contributed by atoms with Crippen LogP contribution in [0.5, 0.6) is 5.75 Å². The Balaban J connectivity index is 1.79. The highest BCUT2D eigenvalue weighted by Crippen LogP contribution is 2.14. The molecule has 0 aliphatic carbocycles. The summed E-state index contributed by atoms with van der Waals surface area (Å²) in [6, 6.07) is 14.0. The Labute approximate surface area is 164 Å². The summed E-state index contributed by atoms with van der Waals surface area (Å²) in [6.45, 7) is 5.01. The van der Waals surface area contributed by atoms with E-state index in [1.807, 2.05) is 12.1 Å². The van der Waals surface area contributed by atoms with Gasteiger partial charge in [-0.25, -0.2) is 4.79 Å². The van der Waals surface area contributed by atoms with Crippen LogP contribution in [0.4, 0.5) is 5.69 Å². The van der Waals surface area contributed by atoms with Gasteiger partial charge in [0.05, 0.1) is 0 Å². The molecule has 148 valence electrons. The summed E-state index contributed by atoms with van der Waals surface area (Å²) in [6.07, 6.45) is 0.390. The number of ketones is 1. The summed E-state index contributed by atoms with van der Waals surface area (Å²) in [5.74, 6) is -0.592. The van der Waals surface area contributed by atoms with E-state index in [9.17, 15) is 14.4 Å². The molecule has 2 aromatic rings. The zero-order chi connectivity index (χ0) is 20.5. The third kappa shape index (κ3) is 6.23. The van der Waals surface area contributed by atoms with Gasteiger partial charge < -0.3 is 14.8 Å². The predicted molar refractivity (Wildman–Crippen MR) is 107 cm³/mol. The second kappa shape index (κ2) is 10.3. The number of benzene rings is 2. The molecule has 2 rings (SSSR count). The van der Waals surface area contributed by atoms with Crippen molar-refractivity contribution in [1.82, 2.24) is 0 Å². The fourth-order valence-electron chi connectivity index (χ4n) is 2.44. The first kappa shape index (κ1) is 21.2. The van der Waals surface area contributed by atoms with Gasteiger partial charge >= 0.3 is 5.97 Å². The second-order valence-corrected chi connectivity index (χ2v) is 6.26. The van der Waals surface area contributed by atoms with E-state index in [0.717, 1.165) is 6.42 Å². The molecule has 0 aromatic heterocycles. The summed E-state index contributed by atoms with van der Waals surface area (Å²) < 4.78 is 10.4. The van der Waals surface area contributed by atoms with Crippen molar-refractivity contribution in [1.29, 1.82) is 0 Å². The summed E-state index contributed by atoms with van der Waals surface area (Å²) >= 11 is 0. The molecular formula is C22H25NO5. The average Bonchev–Trinajstić information content (AvgIpc) is 2.72. The number of ether oxygens (including phenoxy) is 2. The fraction of sp³-hybridized carbons (Fsp3) is 0.318. The normalized spacial score (nSPS) is 11.4. The van der Waals surface area contributed by atoms with Crippen LogP contribution in [0.1, 0.15) is 43.1 Å². The van der Waals surface area contributed by atoms with E-state index in [0.29, 0.717) is 23.4 Å². The van der Waals surface area contributed by atoms with Crippen LogP contribution in [0.15, 0.2) is 48.5 Å². The van der Waals surface area contributed by atoms with Gasteiger partial charge in [-0.1, -0.05) is 26.0 Å². The molecule has 0 fully saturated rings. The van der Waals surface area contributed by atoms with Gasteiger partial charge in [0.25, 0.3) is 5.91 Å². The van der Waals surface area contributed by atoms with E-state index in [4.69, 9.17) is 9.47 Å². The molecule has 0 heterocycles. The van der Waals surface area contributed by atoms with Crippen LogP contribution < -0.4 is 10.1 Å². The molecule has 1 atom stereocenters. The van der Waals surface area contributed by atoms with Crippen LogP contribution >= 0.6 is 0 Å². The van der Waals surface area contributed by atoms with E-state index in [1.54, 1.807) is 43.3 Å². The average molecular weight is 383 g/mol. The Morgan fingerprint density at radius 1 is 0.964 bits per heavy atom. The van der Waals surface area contributed by atoms with Crippen molar-refractivity contribution in [2.24, 2.45) is 0 Å². The maximum atomic E-state index is 12.1. The van der Waals surface area contributed by atoms with Crippen LogP contribution in [-0.2, 0) is 20.7 Å². The number of nitrogens with one attached hydrogen (secondary N) is 1. The molecule has 0 unspecified atom stereocenters. The number of Topliss-reactive ketones (excluding diaryl/α,β-unsaturated/α-hetero) is 1. The molecule has 0 radical (unpaired) electrons. The van der Waals surface area contributed by atoms with Crippen LogP contribution in [0.2, 0.25) is 0 Å². The van der Waals surface area contributed by atoms with E-state index in [-0.39, 0.29) is 12.4 Å². The minimum absolute atomic E-state index is 0.0372. The standard InChI is InChI=1S/C22H25NO5/c1-4-16-6-10-18(11-7-16)23-22(26)15(3)28-21(25)14-27-19-12-8-17(9-13-19)20(24)5-2/h6-13,15H,4-5,14H2,1-3H3,(H,23,26)/t15-/m0/s1. The van der Waals surface area contributed by atoms with Crippen molar-refractivity contribution in [3.63, 3.8) is 0 Å². The van der Waals surface area contributed by atoms with Crippen molar-refractivity contribution in [3.8, 4) is 5.75 Å². The maximum Gasteiger partial charge on any atom is 0.344 e. The molecule has 2 aromatic carbocycles. The number of hydrogen-bond acceptors (Lipinski definition) is 5. The Hall–Kier alpha value is -3.15. The van der Waals surface area contributed by atoms with E-state index in [1.165, 1.54) is 12.5 Å². The molecule has 0 spiro atoms. The van der Waals surface area contributed by atoms with E-state index < -0.39 is 18.0 Å². The number of amides is 1.